The monoisotopic (exact) mass is 329 g/mol. The summed E-state index contributed by atoms with van der Waals surface area (Å²) in [6, 6.07) is 7.93. The number of hydrogen-bond donors (Lipinski definition) is 2. The van der Waals surface area contributed by atoms with Crippen LogP contribution >= 0.6 is 0 Å². The lowest BCUT2D eigenvalue weighted by Crippen LogP contribution is -2.46. The van der Waals surface area contributed by atoms with Crippen molar-refractivity contribution in [3.8, 4) is 5.75 Å². The zero-order valence-electron chi connectivity index (χ0n) is 15.4. The van der Waals surface area contributed by atoms with Crippen LogP contribution in [0.5, 0.6) is 5.75 Å². The van der Waals surface area contributed by atoms with E-state index in [-0.39, 0.29) is 17.4 Å². The quantitative estimate of drug-likeness (QED) is 0.854. The fourth-order valence-electron chi connectivity index (χ4n) is 3.11. The lowest BCUT2D eigenvalue weighted by atomic mass is 9.92. The van der Waals surface area contributed by atoms with Gasteiger partial charge in [0.05, 0.1) is 18.7 Å². The molecular formula is C19H27N3O2. The number of amides is 1. The van der Waals surface area contributed by atoms with E-state index in [9.17, 15) is 4.79 Å². The van der Waals surface area contributed by atoms with E-state index in [1.54, 1.807) is 7.11 Å². The van der Waals surface area contributed by atoms with Crippen LogP contribution in [-0.2, 0) is 11.2 Å². The molecule has 2 rings (SSSR count). The Labute approximate surface area is 143 Å². The summed E-state index contributed by atoms with van der Waals surface area (Å²) >= 11 is 0. The topological polar surface area (TPSA) is 67.0 Å². The summed E-state index contributed by atoms with van der Waals surface area (Å²) in [5.74, 6) is 0.594. The highest BCUT2D eigenvalue weighted by molar-refractivity contribution is 5.84. The number of H-pyrrole nitrogens is 1. The second kappa shape index (κ2) is 7.07. The van der Waals surface area contributed by atoms with Crippen molar-refractivity contribution in [2.45, 2.75) is 52.5 Å². The second-order valence-corrected chi connectivity index (χ2v) is 6.97. The third-order valence-corrected chi connectivity index (χ3v) is 4.25. The molecule has 0 bridgehead atoms. The first kappa shape index (κ1) is 18.0. The van der Waals surface area contributed by atoms with Crippen LogP contribution in [0.2, 0.25) is 0 Å². The fraction of sp³-hybridized carbons (Fsp3) is 0.474. The number of benzene rings is 1. The lowest BCUT2D eigenvalue weighted by molar-refractivity contribution is -0.123. The number of methoxy groups -OCH3 is 1. The summed E-state index contributed by atoms with van der Waals surface area (Å²) in [6.45, 7) is 9.85. The first-order valence-electron chi connectivity index (χ1n) is 8.20. The lowest BCUT2D eigenvalue weighted by Gasteiger charge is -2.28. The average Bonchev–Trinajstić information content (AvgIpc) is 2.84. The van der Waals surface area contributed by atoms with Crippen molar-refractivity contribution in [2.24, 2.45) is 0 Å². The van der Waals surface area contributed by atoms with Gasteiger partial charge in [-0.05, 0) is 58.7 Å². The predicted octanol–water partition coefficient (Wildman–Crippen LogP) is 3.28. The van der Waals surface area contributed by atoms with Crippen molar-refractivity contribution in [3.63, 3.8) is 0 Å². The molecule has 1 atom stereocenters. The number of aromatic nitrogens is 2. The van der Waals surface area contributed by atoms with Crippen LogP contribution in [0.4, 0.5) is 0 Å². The number of ether oxygens (including phenoxy) is 1. The molecule has 0 saturated heterocycles. The van der Waals surface area contributed by atoms with Gasteiger partial charge in [-0.25, -0.2) is 0 Å². The number of carbonyl (C=O) groups excluding carboxylic acids is 1. The van der Waals surface area contributed by atoms with Crippen LogP contribution in [0.25, 0.3) is 0 Å². The molecule has 0 unspecified atom stereocenters. The average molecular weight is 329 g/mol. The molecule has 24 heavy (non-hydrogen) atoms. The molecule has 2 aromatic rings. The van der Waals surface area contributed by atoms with Gasteiger partial charge < -0.3 is 10.1 Å². The first-order valence-corrected chi connectivity index (χ1v) is 8.20. The summed E-state index contributed by atoms with van der Waals surface area (Å²) in [7, 11) is 1.66. The van der Waals surface area contributed by atoms with E-state index in [2.05, 4.69) is 15.5 Å². The highest BCUT2D eigenvalue weighted by atomic mass is 16.5. The summed E-state index contributed by atoms with van der Waals surface area (Å²) < 4.78 is 5.27. The molecule has 1 aromatic carbocycles. The minimum atomic E-state index is -0.358. The molecule has 0 aliphatic carbocycles. The third kappa shape index (κ3) is 4.16. The Balaban J connectivity index is 2.08. The molecule has 0 fully saturated rings. The SMILES string of the molecule is COc1cccc(CC(C)(C)NC(=O)[C@@H](C)c2c(C)n[nH]c2C)c1. The van der Waals surface area contributed by atoms with Gasteiger partial charge in [-0.3, -0.25) is 9.89 Å². The van der Waals surface area contributed by atoms with E-state index >= 15 is 0 Å². The molecule has 1 heterocycles. The molecule has 2 N–H and O–H groups in total. The van der Waals surface area contributed by atoms with E-state index in [1.165, 1.54) is 0 Å². The van der Waals surface area contributed by atoms with Gasteiger partial charge in [-0.1, -0.05) is 12.1 Å². The van der Waals surface area contributed by atoms with Crippen molar-refractivity contribution in [1.29, 1.82) is 0 Å². The maximum absolute atomic E-state index is 12.7. The van der Waals surface area contributed by atoms with Crippen molar-refractivity contribution in [3.05, 3.63) is 46.8 Å². The van der Waals surface area contributed by atoms with E-state index in [4.69, 9.17) is 4.74 Å². The van der Waals surface area contributed by atoms with Gasteiger partial charge in [0.15, 0.2) is 0 Å². The molecule has 0 aliphatic rings. The smallest absolute Gasteiger partial charge is 0.227 e. The molecule has 0 saturated carbocycles. The zero-order chi connectivity index (χ0) is 17.9. The van der Waals surface area contributed by atoms with E-state index in [0.717, 1.165) is 34.7 Å². The Morgan fingerprint density at radius 2 is 2.08 bits per heavy atom. The molecule has 1 aromatic heterocycles. The van der Waals surface area contributed by atoms with Crippen molar-refractivity contribution in [2.75, 3.05) is 7.11 Å². The third-order valence-electron chi connectivity index (χ3n) is 4.25. The number of nitrogens with one attached hydrogen (secondary N) is 2. The van der Waals surface area contributed by atoms with Crippen molar-refractivity contribution < 1.29 is 9.53 Å². The number of aromatic amines is 1. The molecule has 0 radical (unpaired) electrons. The Morgan fingerprint density at radius 3 is 2.67 bits per heavy atom. The molecular weight excluding hydrogens is 302 g/mol. The number of rotatable bonds is 6. The van der Waals surface area contributed by atoms with Gasteiger partial charge in [-0.2, -0.15) is 5.10 Å². The maximum Gasteiger partial charge on any atom is 0.227 e. The van der Waals surface area contributed by atoms with Crippen LogP contribution in [-0.4, -0.2) is 28.8 Å². The predicted molar refractivity (Wildman–Crippen MR) is 95.4 cm³/mol. The first-order chi connectivity index (χ1) is 11.2. The van der Waals surface area contributed by atoms with Crippen LogP contribution in [0.1, 0.15) is 49.2 Å². The summed E-state index contributed by atoms with van der Waals surface area (Å²) in [5.41, 5.74) is 3.57. The minimum Gasteiger partial charge on any atom is -0.497 e. The summed E-state index contributed by atoms with van der Waals surface area (Å²) in [4.78, 5) is 12.7. The van der Waals surface area contributed by atoms with Gasteiger partial charge in [0.1, 0.15) is 5.75 Å². The van der Waals surface area contributed by atoms with E-state index < -0.39 is 0 Å². The van der Waals surface area contributed by atoms with Crippen LogP contribution in [0.15, 0.2) is 24.3 Å². The summed E-state index contributed by atoms with van der Waals surface area (Å²) in [6.07, 6.45) is 0.728. The Bertz CT molecular complexity index is 700. The van der Waals surface area contributed by atoms with E-state index in [0.29, 0.717) is 0 Å². The molecule has 5 nitrogen and oxygen atoms in total. The van der Waals surface area contributed by atoms with Crippen LogP contribution in [0.3, 0.4) is 0 Å². The molecule has 0 aliphatic heterocycles. The fourth-order valence-corrected chi connectivity index (χ4v) is 3.11. The van der Waals surface area contributed by atoms with Crippen molar-refractivity contribution in [1.82, 2.24) is 15.5 Å². The molecule has 1 amide bonds. The van der Waals surface area contributed by atoms with Crippen LogP contribution < -0.4 is 10.1 Å². The van der Waals surface area contributed by atoms with E-state index in [1.807, 2.05) is 58.9 Å². The molecule has 5 heteroatoms. The largest absolute Gasteiger partial charge is 0.497 e. The highest BCUT2D eigenvalue weighted by Gasteiger charge is 2.27. The number of nitrogens with zero attached hydrogens (tertiary/aromatic N) is 1. The zero-order valence-corrected chi connectivity index (χ0v) is 15.4. The van der Waals surface area contributed by atoms with Crippen molar-refractivity contribution >= 4 is 5.91 Å². The van der Waals surface area contributed by atoms with Gasteiger partial charge in [-0.15, -0.1) is 0 Å². The Kier molecular flexibility index (Phi) is 5.32. The number of carbonyl (C=O) groups is 1. The van der Waals surface area contributed by atoms with Crippen LogP contribution in [0, 0.1) is 13.8 Å². The molecule has 0 spiro atoms. The summed E-state index contributed by atoms with van der Waals surface area (Å²) in [5, 5.41) is 10.3. The van der Waals surface area contributed by atoms with Gasteiger partial charge in [0, 0.05) is 16.8 Å². The maximum atomic E-state index is 12.7. The second-order valence-electron chi connectivity index (χ2n) is 6.97. The standard InChI is InChI=1S/C19H27N3O2/c1-12(17-13(2)21-22-14(17)3)18(23)20-19(4,5)11-15-8-7-9-16(10-15)24-6/h7-10,12H,11H2,1-6H3,(H,20,23)(H,21,22)/t12-/m0/s1. The Hall–Kier alpha value is -2.30. The minimum absolute atomic E-state index is 0.00972. The molecule has 130 valence electrons. The number of hydrogen-bond acceptors (Lipinski definition) is 3. The normalized spacial score (nSPS) is 12.8. The Morgan fingerprint density at radius 1 is 1.38 bits per heavy atom. The number of aryl methyl sites for hydroxylation is 2. The highest BCUT2D eigenvalue weighted by Crippen LogP contribution is 2.23. The van der Waals surface area contributed by atoms with Gasteiger partial charge in [0.25, 0.3) is 0 Å². The van der Waals surface area contributed by atoms with Gasteiger partial charge in [0.2, 0.25) is 5.91 Å². The van der Waals surface area contributed by atoms with Gasteiger partial charge >= 0.3 is 0 Å².